The van der Waals surface area contributed by atoms with Crippen LogP contribution in [0.15, 0.2) is 47.4 Å². The van der Waals surface area contributed by atoms with Crippen LogP contribution < -0.4 is 10.1 Å². The first kappa shape index (κ1) is 20.9. The number of halogens is 2. The van der Waals surface area contributed by atoms with Gasteiger partial charge in [-0.05, 0) is 43.2 Å². The van der Waals surface area contributed by atoms with E-state index < -0.39 is 15.9 Å². The van der Waals surface area contributed by atoms with Crippen molar-refractivity contribution in [3.63, 3.8) is 0 Å². The fraction of sp³-hybridized carbons (Fsp3) is 0.316. The second-order valence-electron chi connectivity index (χ2n) is 6.38. The summed E-state index contributed by atoms with van der Waals surface area (Å²) in [5.41, 5.74) is 0.327. The van der Waals surface area contributed by atoms with Crippen LogP contribution in [0, 0.1) is 0 Å². The second-order valence-corrected chi connectivity index (χ2v) is 9.10. The summed E-state index contributed by atoms with van der Waals surface area (Å²) < 4.78 is 32.6. The van der Waals surface area contributed by atoms with Crippen molar-refractivity contribution in [2.45, 2.75) is 24.2 Å². The Morgan fingerprint density at radius 3 is 2.46 bits per heavy atom. The van der Waals surface area contributed by atoms with Crippen molar-refractivity contribution < 1.29 is 17.9 Å². The van der Waals surface area contributed by atoms with Crippen LogP contribution in [0.1, 0.15) is 19.3 Å². The van der Waals surface area contributed by atoms with Crippen LogP contribution in [-0.2, 0) is 14.8 Å². The molecule has 1 aliphatic heterocycles. The summed E-state index contributed by atoms with van der Waals surface area (Å²) in [5.74, 6) is -0.0487. The molecular formula is C19H20Cl2N2O4S. The van der Waals surface area contributed by atoms with Crippen molar-refractivity contribution in [3.8, 4) is 5.75 Å². The van der Waals surface area contributed by atoms with E-state index in [1.54, 1.807) is 30.3 Å². The van der Waals surface area contributed by atoms with Gasteiger partial charge in [-0.15, -0.1) is 0 Å². The molecule has 1 fully saturated rings. The summed E-state index contributed by atoms with van der Waals surface area (Å²) in [6.45, 7) is 0.683. The first-order valence-corrected chi connectivity index (χ1v) is 11.0. The van der Waals surface area contributed by atoms with E-state index in [0.717, 1.165) is 19.3 Å². The first-order chi connectivity index (χ1) is 13.4. The summed E-state index contributed by atoms with van der Waals surface area (Å²) in [6, 6.07) is 11.2. The smallest absolute Gasteiger partial charge is 0.262 e. The van der Waals surface area contributed by atoms with Crippen LogP contribution in [0.2, 0.25) is 10.0 Å². The molecule has 1 aliphatic rings. The van der Waals surface area contributed by atoms with Gasteiger partial charge in [-0.25, -0.2) is 8.42 Å². The highest BCUT2D eigenvalue weighted by molar-refractivity contribution is 7.89. The highest BCUT2D eigenvalue weighted by Crippen LogP contribution is 2.29. The van der Waals surface area contributed by atoms with E-state index in [1.807, 2.05) is 0 Å². The van der Waals surface area contributed by atoms with Crippen molar-refractivity contribution in [1.82, 2.24) is 4.31 Å². The minimum atomic E-state index is -3.71. The molecule has 0 saturated carbocycles. The first-order valence-electron chi connectivity index (χ1n) is 8.85. The maximum atomic E-state index is 12.9. The lowest BCUT2D eigenvalue weighted by Crippen LogP contribution is -2.35. The molecule has 2 aromatic carbocycles. The minimum absolute atomic E-state index is 0.0131. The fourth-order valence-corrected chi connectivity index (χ4v) is 5.13. The molecule has 150 valence electrons. The van der Waals surface area contributed by atoms with Crippen LogP contribution in [0.25, 0.3) is 0 Å². The van der Waals surface area contributed by atoms with Crippen molar-refractivity contribution in [2.24, 2.45) is 0 Å². The molecule has 0 spiro atoms. The molecule has 0 atom stereocenters. The number of hydrogen-bond donors (Lipinski definition) is 1. The number of piperidine rings is 1. The molecule has 1 N–H and O–H groups in total. The number of carbonyl (C=O) groups is 1. The third kappa shape index (κ3) is 4.97. The quantitative estimate of drug-likeness (QED) is 0.727. The Kier molecular flexibility index (Phi) is 6.82. The third-order valence-corrected chi connectivity index (χ3v) is 7.04. The zero-order valence-corrected chi connectivity index (χ0v) is 17.4. The average molecular weight is 443 g/mol. The monoisotopic (exact) mass is 442 g/mol. The molecule has 6 nitrogen and oxygen atoms in total. The number of carbonyl (C=O) groups excluding carboxylic acids is 1. The lowest BCUT2D eigenvalue weighted by Gasteiger charge is -2.26. The fourth-order valence-electron chi connectivity index (χ4n) is 2.93. The predicted octanol–water partition coefficient (Wildman–Crippen LogP) is 4.19. The number of sulfonamides is 1. The Balaban J connectivity index is 1.70. The number of benzene rings is 2. The lowest BCUT2D eigenvalue weighted by molar-refractivity contribution is -0.118. The van der Waals surface area contributed by atoms with Gasteiger partial charge in [0.25, 0.3) is 5.91 Å². The summed E-state index contributed by atoms with van der Waals surface area (Å²) in [7, 11) is -3.71. The number of hydrogen-bond acceptors (Lipinski definition) is 4. The molecule has 1 amide bonds. The number of ether oxygens (including phenoxy) is 1. The van der Waals surface area contributed by atoms with E-state index in [0.29, 0.717) is 29.5 Å². The molecule has 3 rings (SSSR count). The van der Waals surface area contributed by atoms with E-state index in [4.69, 9.17) is 27.9 Å². The maximum absolute atomic E-state index is 12.9. The van der Waals surface area contributed by atoms with E-state index >= 15 is 0 Å². The van der Waals surface area contributed by atoms with Crippen molar-refractivity contribution in [2.75, 3.05) is 25.0 Å². The molecule has 0 aromatic heterocycles. The normalized spacial score (nSPS) is 15.2. The molecule has 1 saturated heterocycles. The molecule has 0 radical (unpaired) electrons. The molecule has 28 heavy (non-hydrogen) atoms. The Labute approximate surface area is 174 Å². The van der Waals surface area contributed by atoms with Gasteiger partial charge in [0, 0.05) is 18.8 Å². The Morgan fingerprint density at radius 2 is 1.75 bits per heavy atom. The van der Waals surface area contributed by atoms with Crippen molar-refractivity contribution in [3.05, 3.63) is 52.5 Å². The lowest BCUT2D eigenvalue weighted by atomic mass is 10.2. The van der Waals surface area contributed by atoms with E-state index in [2.05, 4.69) is 5.32 Å². The summed E-state index contributed by atoms with van der Waals surface area (Å²) in [4.78, 5) is 12.2. The van der Waals surface area contributed by atoms with Gasteiger partial charge in [-0.1, -0.05) is 41.8 Å². The zero-order chi connectivity index (χ0) is 20.1. The van der Waals surface area contributed by atoms with E-state index in [-0.39, 0.29) is 16.5 Å². The largest absolute Gasteiger partial charge is 0.482 e. The van der Waals surface area contributed by atoms with Gasteiger partial charge in [-0.3, -0.25) is 4.79 Å². The van der Waals surface area contributed by atoms with Crippen LogP contribution in [0.5, 0.6) is 5.75 Å². The predicted molar refractivity (Wildman–Crippen MR) is 110 cm³/mol. The van der Waals surface area contributed by atoms with Crippen LogP contribution in [-0.4, -0.2) is 38.3 Å². The van der Waals surface area contributed by atoms with Gasteiger partial charge in [0.2, 0.25) is 10.0 Å². The third-order valence-electron chi connectivity index (χ3n) is 4.34. The summed E-state index contributed by atoms with van der Waals surface area (Å²) >= 11 is 12.1. The van der Waals surface area contributed by atoms with Crippen molar-refractivity contribution >= 4 is 44.8 Å². The minimum Gasteiger partial charge on any atom is -0.482 e. The highest BCUT2D eigenvalue weighted by Gasteiger charge is 2.28. The van der Waals surface area contributed by atoms with Gasteiger partial charge in [0.05, 0.1) is 10.0 Å². The zero-order valence-electron chi connectivity index (χ0n) is 15.0. The average Bonchev–Trinajstić information content (AvgIpc) is 2.69. The van der Waals surface area contributed by atoms with Crippen LogP contribution >= 0.6 is 23.2 Å². The van der Waals surface area contributed by atoms with Crippen molar-refractivity contribution in [1.29, 1.82) is 0 Å². The molecule has 0 aliphatic carbocycles. The van der Waals surface area contributed by atoms with Gasteiger partial charge in [-0.2, -0.15) is 4.31 Å². The molecular weight excluding hydrogens is 423 g/mol. The molecule has 9 heteroatoms. The van der Waals surface area contributed by atoms with Crippen LogP contribution in [0.4, 0.5) is 5.69 Å². The number of nitrogens with zero attached hydrogens (tertiary/aromatic N) is 1. The molecule has 2 aromatic rings. The molecule has 1 heterocycles. The summed E-state index contributed by atoms with van der Waals surface area (Å²) in [6.07, 6.45) is 2.67. The Bertz CT molecular complexity index is 960. The maximum Gasteiger partial charge on any atom is 0.262 e. The Hall–Kier alpha value is -1.80. The number of para-hydroxylation sites is 1. The standard InChI is InChI=1S/C19H20Cl2N2O4S/c20-15-6-2-3-7-17(15)27-13-19(24)22-14-8-9-16(21)18(12-14)28(25,26)23-10-4-1-5-11-23/h2-3,6-9,12H,1,4-5,10-11,13H2,(H,22,24). The van der Waals surface area contributed by atoms with Gasteiger partial charge in [0.15, 0.2) is 6.61 Å². The summed E-state index contributed by atoms with van der Waals surface area (Å²) in [5, 5.41) is 3.15. The van der Waals surface area contributed by atoms with E-state index in [1.165, 1.54) is 16.4 Å². The molecule has 0 unspecified atom stereocenters. The SMILES string of the molecule is O=C(COc1ccccc1Cl)Nc1ccc(Cl)c(S(=O)(=O)N2CCCCC2)c1. The number of amides is 1. The Morgan fingerprint density at radius 1 is 1.04 bits per heavy atom. The van der Waals surface area contributed by atoms with Crippen LogP contribution in [0.3, 0.4) is 0 Å². The van der Waals surface area contributed by atoms with Gasteiger partial charge < -0.3 is 10.1 Å². The topological polar surface area (TPSA) is 75.7 Å². The number of nitrogens with one attached hydrogen (secondary N) is 1. The highest BCUT2D eigenvalue weighted by atomic mass is 35.5. The van der Waals surface area contributed by atoms with E-state index in [9.17, 15) is 13.2 Å². The number of rotatable bonds is 6. The second kappa shape index (κ2) is 9.13. The van der Waals surface area contributed by atoms with Gasteiger partial charge >= 0.3 is 0 Å². The molecule has 0 bridgehead atoms. The number of anilines is 1. The van der Waals surface area contributed by atoms with Gasteiger partial charge in [0.1, 0.15) is 10.6 Å².